The third kappa shape index (κ3) is 1.82. The van der Waals surface area contributed by atoms with Crippen LogP contribution in [0, 0.1) is 0 Å². The summed E-state index contributed by atoms with van der Waals surface area (Å²) in [4.78, 5) is 13.7. The van der Waals surface area contributed by atoms with Crippen LogP contribution < -0.4 is 15.4 Å². The number of carbonyl (C=O) groups is 1. The third-order valence-corrected chi connectivity index (χ3v) is 2.75. The van der Waals surface area contributed by atoms with Gasteiger partial charge in [-0.3, -0.25) is 4.79 Å². The number of fused-ring (bicyclic) bond motifs is 1. The quantitative estimate of drug-likeness (QED) is 0.743. The normalized spacial score (nSPS) is 17.6. The van der Waals surface area contributed by atoms with Gasteiger partial charge in [-0.2, -0.15) is 0 Å². The molecule has 0 radical (unpaired) electrons. The first-order valence-corrected chi connectivity index (χ1v) is 5.47. The van der Waals surface area contributed by atoms with Crippen molar-refractivity contribution in [2.45, 2.75) is 19.4 Å². The lowest BCUT2D eigenvalue weighted by molar-refractivity contribution is -0.132. The van der Waals surface area contributed by atoms with Crippen molar-refractivity contribution in [3.63, 3.8) is 0 Å². The highest BCUT2D eigenvalue weighted by atomic mass is 16.5. The predicted molar refractivity (Wildman–Crippen MR) is 65.0 cm³/mol. The maximum absolute atomic E-state index is 12.2. The standard InChI is InChI=1S/C12H16N2O3/c1-12(2)11(16)14(6-7-15)10-8(13)4-3-5-9(10)17-12/h3-5,15H,6-7,13H2,1-2H3. The average molecular weight is 236 g/mol. The highest BCUT2D eigenvalue weighted by Gasteiger charge is 2.41. The third-order valence-electron chi connectivity index (χ3n) is 2.75. The molecular formula is C12H16N2O3. The Balaban J connectivity index is 2.55. The Bertz CT molecular complexity index is 457. The van der Waals surface area contributed by atoms with Gasteiger partial charge < -0.3 is 20.5 Å². The number of para-hydroxylation sites is 1. The molecule has 1 aliphatic rings. The summed E-state index contributed by atoms with van der Waals surface area (Å²) in [6, 6.07) is 5.25. The van der Waals surface area contributed by atoms with Gasteiger partial charge in [0.05, 0.1) is 12.3 Å². The second-order valence-electron chi connectivity index (χ2n) is 4.49. The van der Waals surface area contributed by atoms with Crippen LogP contribution in [0.3, 0.4) is 0 Å². The number of benzene rings is 1. The molecule has 0 fully saturated rings. The number of amides is 1. The minimum Gasteiger partial charge on any atom is -0.476 e. The molecule has 17 heavy (non-hydrogen) atoms. The number of anilines is 2. The number of carbonyl (C=O) groups excluding carboxylic acids is 1. The number of hydrogen-bond acceptors (Lipinski definition) is 4. The zero-order valence-corrected chi connectivity index (χ0v) is 9.93. The predicted octanol–water partition coefficient (Wildman–Crippen LogP) is 0.765. The zero-order valence-electron chi connectivity index (χ0n) is 9.93. The highest BCUT2D eigenvalue weighted by Crippen LogP contribution is 2.41. The smallest absolute Gasteiger partial charge is 0.270 e. The number of aliphatic hydroxyl groups is 1. The first-order valence-electron chi connectivity index (χ1n) is 5.47. The van der Waals surface area contributed by atoms with E-state index in [2.05, 4.69) is 0 Å². The van der Waals surface area contributed by atoms with Crippen LogP contribution in [0.5, 0.6) is 5.75 Å². The lowest BCUT2D eigenvalue weighted by Crippen LogP contribution is -2.53. The van der Waals surface area contributed by atoms with Crippen LogP contribution in [0.4, 0.5) is 11.4 Å². The number of nitrogen functional groups attached to an aromatic ring is 1. The summed E-state index contributed by atoms with van der Waals surface area (Å²) in [6.07, 6.45) is 0. The fourth-order valence-electron chi connectivity index (χ4n) is 1.97. The van der Waals surface area contributed by atoms with Crippen molar-refractivity contribution in [1.29, 1.82) is 0 Å². The highest BCUT2D eigenvalue weighted by molar-refractivity contribution is 6.04. The van der Waals surface area contributed by atoms with Gasteiger partial charge in [-0.05, 0) is 26.0 Å². The topological polar surface area (TPSA) is 75.8 Å². The number of nitrogens with zero attached hydrogens (tertiary/aromatic N) is 1. The van der Waals surface area contributed by atoms with Gasteiger partial charge in [-0.15, -0.1) is 0 Å². The van der Waals surface area contributed by atoms with Gasteiger partial charge in [-0.25, -0.2) is 0 Å². The van der Waals surface area contributed by atoms with Crippen molar-refractivity contribution in [2.24, 2.45) is 0 Å². The van der Waals surface area contributed by atoms with Gasteiger partial charge in [0, 0.05) is 6.54 Å². The van der Waals surface area contributed by atoms with Gasteiger partial charge in [0.2, 0.25) is 0 Å². The molecule has 0 bridgehead atoms. The first kappa shape index (κ1) is 11.7. The van der Waals surface area contributed by atoms with Crippen LogP contribution in [0.15, 0.2) is 18.2 Å². The number of rotatable bonds is 2. The molecule has 1 heterocycles. The van der Waals surface area contributed by atoms with E-state index in [1.54, 1.807) is 32.0 Å². The van der Waals surface area contributed by atoms with Crippen molar-refractivity contribution in [3.05, 3.63) is 18.2 Å². The Morgan fingerprint density at radius 1 is 1.47 bits per heavy atom. The molecule has 5 heteroatoms. The molecule has 1 amide bonds. The van der Waals surface area contributed by atoms with E-state index in [1.165, 1.54) is 4.90 Å². The molecule has 3 N–H and O–H groups in total. The maximum atomic E-state index is 12.2. The molecule has 0 aromatic heterocycles. The maximum Gasteiger partial charge on any atom is 0.270 e. The van der Waals surface area contributed by atoms with E-state index < -0.39 is 5.60 Å². The molecule has 1 aliphatic heterocycles. The minimum absolute atomic E-state index is 0.115. The van der Waals surface area contributed by atoms with Crippen molar-refractivity contribution < 1.29 is 14.6 Å². The lowest BCUT2D eigenvalue weighted by Gasteiger charge is -2.39. The van der Waals surface area contributed by atoms with Crippen LogP contribution >= 0.6 is 0 Å². The average Bonchev–Trinajstić information content (AvgIpc) is 2.24. The molecule has 0 atom stereocenters. The zero-order chi connectivity index (χ0) is 12.6. The van der Waals surface area contributed by atoms with Crippen LogP contribution in [-0.2, 0) is 4.79 Å². The van der Waals surface area contributed by atoms with E-state index in [1.807, 2.05) is 0 Å². The molecular weight excluding hydrogens is 220 g/mol. The van der Waals surface area contributed by atoms with Gasteiger partial charge in [0.25, 0.3) is 5.91 Å². The lowest BCUT2D eigenvalue weighted by atomic mass is 10.0. The minimum atomic E-state index is -0.935. The number of ether oxygens (including phenoxy) is 1. The van der Waals surface area contributed by atoms with Gasteiger partial charge >= 0.3 is 0 Å². The van der Waals surface area contributed by atoms with Crippen LogP contribution in [-0.4, -0.2) is 29.8 Å². The van der Waals surface area contributed by atoms with Crippen molar-refractivity contribution in [3.8, 4) is 5.75 Å². The Morgan fingerprint density at radius 2 is 2.18 bits per heavy atom. The molecule has 0 unspecified atom stereocenters. The van der Waals surface area contributed by atoms with Gasteiger partial charge in [0.15, 0.2) is 5.60 Å². The summed E-state index contributed by atoms with van der Waals surface area (Å²) in [5, 5.41) is 9.05. The molecule has 0 saturated heterocycles. The number of β-amino-alcohol motifs (C(OH)–C–C–N with tert-alkyl or cyclic N) is 1. The van der Waals surface area contributed by atoms with Crippen LogP contribution in [0.25, 0.3) is 0 Å². The molecule has 0 saturated carbocycles. The molecule has 92 valence electrons. The summed E-state index contributed by atoms with van der Waals surface area (Å²) < 4.78 is 5.64. The monoisotopic (exact) mass is 236 g/mol. The number of hydrogen-bond donors (Lipinski definition) is 2. The first-order chi connectivity index (χ1) is 7.97. The molecule has 0 aliphatic carbocycles. The van der Waals surface area contributed by atoms with E-state index in [0.717, 1.165) is 0 Å². The number of aliphatic hydroxyl groups excluding tert-OH is 1. The van der Waals surface area contributed by atoms with Crippen molar-refractivity contribution >= 4 is 17.3 Å². The van der Waals surface area contributed by atoms with Crippen LogP contribution in [0.2, 0.25) is 0 Å². The summed E-state index contributed by atoms with van der Waals surface area (Å²) in [7, 11) is 0. The van der Waals surface area contributed by atoms with Crippen LogP contribution in [0.1, 0.15) is 13.8 Å². The van der Waals surface area contributed by atoms with Gasteiger partial charge in [-0.1, -0.05) is 6.07 Å². The van der Waals surface area contributed by atoms with E-state index >= 15 is 0 Å². The molecule has 2 rings (SSSR count). The van der Waals surface area contributed by atoms with E-state index in [-0.39, 0.29) is 19.1 Å². The Labute approximate surface area is 99.8 Å². The van der Waals surface area contributed by atoms with Crippen molar-refractivity contribution in [2.75, 3.05) is 23.8 Å². The Morgan fingerprint density at radius 3 is 2.82 bits per heavy atom. The Kier molecular flexibility index (Phi) is 2.71. The largest absolute Gasteiger partial charge is 0.476 e. The molecule has 1 aromatic rings. The molecule has 5 nitrogen and oxygen atoms in total. The molecule has 1 aromatic carbocycles. The SMILES string of the molecule is CC1(C)Oc2cccc(N)c2N(CCO)C1=O. The van der Waals surface area contributed by atoms with E-state index in [0.29, 0.717) is 17.1 Å². The second-order valence-corrected chi connectivity index (χ2v) is 4.49. The number of nitrogens with two attached hydrogens (primary N) is 1. The second kappa shape index (κ2) is 3.92. The fraction of sp³-hybridized carbons (Fsp3) is 0.417. The summed E-state index contributed by atoms with van der Waals surface area (Å²) in [6.45, 7) is 3.50. The summed E-state index contributed by atoms with van der Waals surface area (Å²) in [5.41, 5.74) is 5.94. The Hall–Kier alpha value is -1.75. The van der Waals surface area contributed by atoms with Gasteiger partial charge in [0.1, 0.15) is 11.4 Å². The molecule has 0 spiro atoms. The van der Waals surface area contributed by atoms with E-state index in [9.17, 15) is 4.79 Å². The fourth-order valence-corrected chi connectivity index (χ4v) is 1.97. The van der Waals surface area contributed by atoms with Crippen molar-refractivity contribution in [1.82, 2.24) is 0 Å². The summed E-state index contributed by atoms with van der Waals surface area (Å²) in [5.74, 6) is 0.375. The summed E-state index contributed by atoms with van der Waals surface area (Å²) >= 11 is 0. The van der Waals surface area contributed by atoms with E-state index in [4.69, 9.17) is 15.6 Å².